The molecule has 26 heavy (non-hydrogen) atoms. The van der Waals surface area contributed by atoms with Gasteiger partial charge in [-0.25, -0.2) is 0 Å². The van der Waals surface area contributed by atoms with Crippen molar-refractivity contribution in [3.05, 3.63) is 71.4 Å². The molecule has 0 radical (unpaired) electrons. The van der Waals surface area contributed by atoms with Gasteiger partial charge in [-0.15, -0.1) is 10.2 Å². The van der Waals surface area contributed by atoms with Crippen molar-refractivity contribution in [3.63, 3.8) is 0 Å². The third kappa shape index (κ3) is 2.08. The molecule has 2 aromatic heterocycles. The van der Waals surface area contributed by atoms with Crippen LogP contribution in [0.5, 0.6) is 5.75 Å². The first-order valence-corrected chi connectivity index (χ1v) is 8.47. The van der Waals surface area contributed by atoms with Gasteiger partial charge >= 0.3 is 0 Å². The molecule has 0 saturated heterocycles. The fourth-order valence-corrected chi connectivity index (χ4v) is 3.61. The zero-order valence-electron chi connectivity index (χ0n) is 14.5. The van der Waals surface area contributed by atoms with E-state index in [-0.39, 0.29) is 0 Å². The number of fused-ring (bicyclic) bond motifs is 4. The van der Waals surface area contributed by atoms with Gasteiger partial charge in [0.05, 0.1) is 18.5 Å². The zero-order chi connectivity index (χ0) is 17.7. The van der Waals surface area contributed by atoms with Crippen molar-refractivity contribution in [1.29, 1.82) is 0 Å². The summed E-state index contributed by atoms with van der Waals surface area (Å²) in [5.74, 6) is 2.49. The van der Waals surface area contributed by atoms with Crippen molar-refractivity contribution >= 4 is 16.6 Å². The van der Waals surface area contributed by atoms with Gasteiger partial charge in [-0.3, -0.25) is 9.56 Å². The van der Waals surface area contributed by atoms with Crippen LogP contribution in [0.2, 0.25) is 0 Å². The maximum absolute atomic E-state index is 5.48. The number of nitrogens with zero attached hydrogens (tertiary/aromatic N) is 4. The van der Waals surface area contributed by atoms with Crippen LogP contribution in [0.3, 0.4) is 0 Å². The van der Waals surface area contributed by atoms with Crippen molar-refractivity contribution in [2.45, 2.75) is 13.5 Å². The van der Waals surface area contributed by atoms with Gasteiger partial charge in [-0.05, 0) is 37.3 Å². The number of benzene rings is 2. The molecule has 1 aliphatic heterocycles. The fourth-order valence-electron chi connectivity index (χ4n) is 3.61. The van der Waals surface area contributed by atoms with Crippen LogP contribution in [-0.2, 0) is 6.54 Å². The van der Waals surface area contributed by atoms with E-state index in [9.17, 15) is 0 Å². The van der Waals surface area contributed by atoms with Crippen LogP contribution in [0.25, 0.3) is 16.6 Å². The minimum atomic E-state index is 0.480. The topological polar surface area (TPSA) is 68.1 Å². The molecule has 0 unspecified atom stereocenters. The number of methoxy groups -OCH3 is 1. The summed E-state index contributed by atoms with van der Waals surface area (Å²) < 4.78 is 7.55. The van der Waals surface area contributed by atoms with Crippen LogP contribution in [0.1, 0.15) is 22.8 Å². The van der Waals surface area contributed by atoms with E-state index in [4.69, 9.17) is 9.73 Å². The first-order chi connectivity index (χ1) is 12.8. The number of hydrogen-bond donors (Lipinski definition) is 1. The molecule has 0 spiro atoms. The number of aliphatic imine (C=N–C) groups is 1. The predicted octanol–water partition coefficient (Wildman–Crippen LogP) is 3.42. The number of hydrogen-bond acceptors (Lipinski definition) is 4. The van der Waals surface area contributed by atoms with E-state index in [1.807, 2.05) is 37.4 Å². The molecule has 2 aromatic carbocycles. The zero-order valence-corrected chi connectivity index (χ0v) is 14.5. The third-order valence-corrected chi connectivity index (χ3v) is 4.82. The number of aryl methyl sites for hydroxylation is 1. The second-order valence-corrected chi connectivity index (χ2v) is 6.29. The van der Waals surface area contributed by atoms with Crippen LogP contribution in [0, 0.1) is 6.92 Å². The Labute approximate surface area is 150 Å². The van der Waals surface area contributed by atoms with Crippen LogP contribution < -0.4 is 4.74 Å². The van der Waals surface area contributed by atoms with Gasteiger partial charge in [0.25, 0.3) is 0 Å². The van der Waals surface area contributed by atoms with Gasteiger partial charge in [0.2, 0.25) is 0 Å². The Hall–Kier alpha value is -3.41. The summed E-state index contributed by atoms with van der Waals surface area (Å²) in [5, 5.41) is 9.68. The molecule has 6 nitrogen and oxygen atoms in total. The van der Waals surface area contributed by atoms with Crippen molar-refractivity contribution < 1.29 is 4.74 Å². The summed E-state index contributed by atoms with van der Waals surface area (Å²) >= 11 is 0. The number of rotatable bonds is 2. The van der Waals surface area contributed by atoms with Crippen molar-refractivity contribution in [2.75, 3.05) is 7.11 Å². The second kappa shape index (κ2) is 5.56. The third-order valence-electron chi connectivity index (χ3n) is 4.82. The summed E-state index contributed by atoms with van der Waals surface area (Å²) in [6.45, 7) is 2.44. The van der Waals surface area contributed by atoms with Gasteiger partial charge in [-0.1, -0.05) is 12.1 Å². The van der Waals surface area contributed by atoms with E-state index >= 15 is 0 Å². The molecule has 4 aromatic rings. The summed E-state index contributed by atoms with van der Waals surface area (Å²) in [6, 6.07) is 14.4. The maximum Gasteiger partial charge on any atom is 0.159 e. The molecule has 3 heterocycles. The van der Waals surface area contributed by atoms with Crippen LogP contribution in [0.4, 0.5) is 0 Å². The molecule has 0 fully saturated rings. The number of nitrogens with one attached hydrogen (secondary N) is 1. The highest BCUT2D eigenvalue weighted by Crippen LogP contribution is 2.31. The van der Waals surface area contributed by atoms with E-state index in [0.717, 1.165) is 50.8 Å². The van der Waals surface area contributed by atoms with Crippen molar-refractivity contribution in [1.82, 2.24) is 19.7 Å². The van der Waals surface area contributed by atoms with Crippen LogP contribution in [0.15, 0.2) is 53.7 Å². The first-order valence-electron chi connectivity index (χ1n) is 8.47. The SMILES string of the molecule is COc1ccc2c(c1)C(c1cccc3[nH]ccc13)=NCc1nnc(C)n1-2. The van der Waals surface area contributed by atoms with Crippen molar-refractivity contribution in [2.24, 2.45) is 4.99 Å². The minimum absolute atomic E-state index is 0.480. The van der Waals surface area contributed by atoms with E-state index < -0.39 is 0 Å². The first kappa shape index (κ1) is 14.9. The molecule has 5 rings (SSSR count). The Kier molecular flexibility index (Phi) is 3.18. The Morgan fingerprint density at radius 2 is 2.00 bits per heavy atom. The normalized spacial score (nSPS) is 13.1. The Morgan fingerprint density at radius 3 is 2.88 bits per heavy atom. The van der Waals surface area contributed by atoms with E-state index in [0.29, 0.717) is 6.54 Å². The lowest BCUT2D eigenvalue weighted by molar-refractivity contribution is 0.414. The lowest BCUT2D eigenvalue weighted by Crippen LogP contribution is -2.09. The highest BCUT2D eigenvalue weighted by molar-refractivity contribution is 6.21. The van der Waals surface area contributed by atoms with Gasteiger partial charge in [0.1, 0.15) is 18.1 Å². The minimum Gasteiger partial charge on any atom is -0.497 e. The molecule has 0 amide bonds. The lowest BCUT2D eigenvalue weighted by Gasteiger charge is -2.14. The number of H-pyrrole nitrogens is 1. The highest BCUT2D eigenvalue weighted by atomic mass is 16.5. The number of aromatic amines is 1. The number of ether oxygens (including phenoxy) is 1. The Morgan fingerprint density at radius 1 is 1.08 bits per heavy atom. The van der Waals surface area contributed by atoms with Gasteiger partial charge in [-0.2, -0.15) is 0 Å². The summed E-state index contributed by atoms with van der Waals surface area (Å²) in [7, 11) is 1.68. The summed E-state index contributed by atoms with van der Waals surface area (Å²) in [4.78, 5) is 8.19. The molecule has 0 atom stereocenters. The molecule has 0 saturated carbocycles. The van der Waals surface area contributed by atoms with E-state index in [2.05, 4.69) is 37.9 Å². The predicted molar refractivity (Wildman–Crippen MR) is 100 cm³/mol. The molecule has 0 bridgehead atoms. The largest absolute Gasteiger partial charge is 0.497 e. The molecule has 6 heteroatoms. The van der Waals surface area contributed by atoms with Gasteiger partial charge < -0.3 is 9.72 Å². The average Bonchev–Trinajstić information content (AvgIpc) is 3.25. The maximum atomic E-state index is 5.48. The molecule has 1 N–H and O–H groups in total. The number of aromatic nitrogens is 4. The fraction of sp³-hybridized carbons (Fsp3) is 0.150. The monoisotopic (exact) mass is 343 g/mol. The average molecular weight is 343 g/mol. The standard InChI is InChI=1S/C20H17N5O/c1-12-23-24-19-11-22-20(15-4-3-5-17-14(15)8-9-21-17)16-10-13(26-2)6-7-18(16)25(12)19/h3-10,21H,11H2,1-2H3. The van der Waals surface area contributed by atoms with Crippen LogP contribution >= 0.6 is 0 Å². The molecular formula is C20H17N5O. The quantitative estimate of drug-likeness (QED) is 0.606. The molecular weight excluding hydrogens is 326 g/mol. The summed E-state index contributed by atoms with van der Waals surface area (Å²) in [6.07, 6.45) is 1.96. The molecule has 0 aliphatic carbocycles. The summed E-state index contributed by atoms with van der Waals surface area (Å²) in [5.41, 5.74) is 5.16. The van der Waals surface area contributed by atoms with Crippen LogP contribution in [-0.4, -0.2) is 32.6 Å². The molecule has 1 aliphatic rings. The van der Waals surface area contributed by atoms with Gasteiger partial charge in [0, 0.05) is 28.2 Å². The Bertz CT molecular complexity index is 1170. The highest BCUT2D eigenvalue weighted by Gasteiger charge is 2.23. The van der Waals surface area contributed by atoms with E-state index in [1.54, 1.807) is 7.11 Å². The smallest absolute Gasteiger partial charge is 0.159 e. The van der Waals surface area contributed by atoms with E-state index in [1.165, 1.54) is 0 Å². The molecule has 128 valence electrons. The second-order valence-electron chi connectivity index (χ2n) is 6.29. The van der Waals surface area contributed by atoms with Gasteiger partial charge in [0.15, 0.2) is 5.82 Å². The lowest BCUT2D eigenvalue weighted by atomic mass is 9.97. The Balaban J connectivity index is 1.83. The van der Waals surface area contributed by atoms with Crippen molar-refractivity contribution in [3.8, 4) is 11.4 Å².